The normalized spacial score (nSPS) is 25.2. The van der Waals surface area contributed by atoms with Crippen LogP contribution in [-0.4, -0.2) is 16.2 Å². The van der Waals surface area contributed by atoms with Gasteiger partial charge in [-0.2, -0.15) is 0 Å². The standard InChI is InChI=1S/C9H14BrN3S/c1-9(2)5-3-4-6(9)11-8-13-12-7(10)14-8/h6H,3-5H2,1-2H3,(H,11,13). The van der Waals surface area contributed by atoms with Gasteiger partial charge in [0.15, 0.2) is 3.92 Å². The quantitative estimate of drug-likeness (QED) is 0.900. The van der Waals surface area contributed by atoms with Gasteiger partial charge in [0.2, 0.25) is 5.13 Å². The summed E-state index contributed by atoms with van der Waals surface area (Å²) in [5.41, 5.74) is 0.387. The number of halogens is 1. The van der Waals surface area contributed by atoms with Crippen LogP contribution in [-0.2, 0) is 0 Å². The number of nitrogens with one attached hydrogen (secondary N) is 1. The molecule has 1 atom stereocenters. The molecule has 0 spiro atoms. The average molecular weight is 276 g/mol. The lowest BCUT2D eigenvalue weighted by molar-refractivity contribution is 0.350. The highest BCUT2D eigenvalue weighted by Crippen LogP contribution is 2.39. The van der Waals surface area contributed by atoms with Gasteiger partial charge in [-0.25, -0.2) is 0 Å². The van der Waals surface area contributed by atoms with Crippen molar-refractivity contribution in [1.29, 1.82) is 0 Å². The van der Waals surface area contributed by atoms with Crippen molar-refractivity contribution < 1.29 is 0 Å². The molecule has 0 saturated heterocycles. The molecule has 0 aliphatic heterocycles. The second kappa shape index (κ2) is 3.77. The number of nitrogens with zero attached hydrogens (tertiary/aromatic N) is 2. The summed E-state index contributed by atoms with van der Waals surface area (Å²) >= 11 is 4.87. The van der Waals surface area contributed by atoms with Gasteiger partial charge in [0.25, 0.3) is 0 Å². The van der Waals surface area contributed by atoms with E-state index in [1.807, 2.05) is 0 Å². The van der Waals surface area contributed by atoms with Crippen LogP contribution in [0.5, 0.6) is 0 Å². The Hall–Kier alpha value is -0.160. The summed E-state index contributed by atoms with van der Waals surface area (Å²) in [6.07, 6.45) is 3.85. The van der Waals surface area contributed by atoms with Crippen LogP contribution in [0.25, 0.3) is 0 Å². The number of hydrogen-bond donors (Lipinski definition) is 1. The molecule has 1 N–H and O–H groups in total. The predicted molar refractivity (Wildman–Crippen MR) is 62.7 cm³/mol. The molecule has 1 fully saturated rings. The van der Waals surface area contributed by atoms with Crippen molar-refractivity contribution in [3.63, 3.8) is 0 Å². The van der Waals surface area contributed by atoms with Gasteiger partial charge < -0.3 is 5.32 Å². The Balaban J connectivity index is 2.04. The summed E-state index contributed by atoms with van der Waals surface area (Å²) in [4.78, 5) is 0. The third-order valence-corrected chi connectivity index (χ3v) is 4.24. The minimum Gasteiger partial charge on any atom is -0.357 e. The molecule has 0 radical (unpaired) electrons. The van der Waals surface area contributed by atoms with Crippen LogP contribution >= 0.6 is 27.3 Å². The molecule has 14 heavy (non-hydrogen) atoms. The minimum absolute atomic E-state index is 0.387. The lowest BCUT2D eigenvalue weighted by Crippen LogP contribution is -2.30. The van der Waals surface area contributed by atoms with Gasteiger partial charge in [-0.05, 0) is 34.2 Å². The second-order valence-corrected chi connectivity index (χ2v) is 6.69. The van der Waals surface area contributed by atoms with Crippen LogP contribution in [0.4, 0.5) is 5.13 Å². The molecular weight excluding hydrogens is 262 g/mol. The van der Waals surface area contributed by atoms with Crippen LogP contribution in [0.1, 0.15) is 33.1 Å². The predicted octanol–water partition coefficient (Wildman–Crippen LogP) is 3.29. The van der Waals surface area contributed by atoms with Crippen LogP contribution in [0.2, 0.25) is 0 Å². The maximum absolute atomic E-state index is 4.06. The first-order chi connectivity index (χ1) is 6.58. The summed E-state index contributed by atoms with van der Waals surface area (Å²) in [7, 11) is 0. The highest BCUT2D eigenvalue weighted by Gasteiger charge is 2.34. The van der Waals surface area contributed by atoms with Crippen LogP contribution in [0, 0.1) is 5.41 Å². The smallest absolute Gasteiger partial charge is 0.206 e. The highest BCUT2D eigenvalue weighted by molar-refractivity contribution is 9.11. The first-order valence-corrected chi connectivity index (χ1v) is 6.44. The zero-order valence-corrected chi connectivity index (χ0v) is 10.8. The molecule has 3 nitrogen and oxygen atoms in total. The summed E-state index contributed by atoms with van der Waals surface area (Å²) in [5, 5.41) is 12.4. The summed E-state index contributed by atoms with van der Waals surface area (Å²) in [5.74, 6) is 0. The van der Waals surface area contributed by atoms with Crippen molar-refractivity contribution in [3.8, 4) is 0 Å². The van der Waals surface area contributed by atoms with Crippen molar-refractivity contribution in [3.05, 3.63) is 3.92 Å². The molecule has 1 saturated carbocycles. The van der Waals surface area contributed by atoms with E-state index in [0.29, 0.717) is 11.5 Å². The van der Waals surface area contributed by atoms with Gasteiger partial charge in [0, 0.05) is 6.04 Å². The van der Waals surface area contributed by atoms with Crippen molar-refractivity contribution in [2.24, 2.45) is 5.41 Å². The molecule has 2 rings (SSSR count). The number of aromatic nitrogens is 2. The van der Waals surface area contributed by atoms with E-state index in [1.165, 1.54) is 19.3 Å². The van der Waals surface area contributed by atoms with Gasteiger partial charge in [0.05, 0.1) is 0 Å². The van der Waals surface area contributed by atoms with Crippen LogP contribution in [0.3, 0.4) is 0 Å². The first-order valence-electron chi connectivity index (χ1n) is 4.83. The zero-order chi connectivity index (χ0) is 10.2. The zero-order valence-electron chi connectivity index (χ0n) is 8.38. The fourth-order valence-corrected chi connectivity index (χ4v) is 3.07. The van der Waals surface area contributed by atoms with Crippen LogP contribution in [0.15, 0.2) is 3.92 Å². The largest absolute Gasteiger partial charge is 0.357 e. The van der Waals surface area contributed by atoms with E-state index in [9.17, 15) is 0 Å². The van der Waals surface area contributed by atoms with E-state index in [4.69, 9.17) is 0 Å². The van der Waals surface area contributed by atoms with Crippen molar-refractivity contribution in [1.82, 2.24) is 10.2 Å². The molecular formula is C9H14BrN3S. The van der Waals surface area contributed by atoms with Gasteiger partial charge in [0.1, 0.15) is 0 Å². The molecule has 0 aromatic carbocycles. The lowest BCUT2D eigenvalue weighted by Gasteiger charge is -2.27. The van der Waals surface area contributed by atoms with Gasteiger partial charge in [-0.3, -0.25) is 0 Å². The Labute approximate surface area is 96.4 Å². The van der Waals surface area contributed by atoms with E-state index in [2.05, 4.69) is 45.3 Å². The monoisotopic (exact) mass is 275 g/mol. The SMILES string of the molecule is CC1(C)CCCC1Nc1nnc(Br)s1. The van der Waals surface area contributed by atoms with E-state index in [0.717, 1.165) is 9.05 Å². The fraction of sp³-hybridized carbons (Fsp3) is 0.778. The summed E-state index contributed by atoms with van der Waals surface area (Å²) in [6, 6.07) is 0.544. The highest BCUT2D eigenvalue weighted by atomic mass is 79.9. The van der Waals surface area contributed by atoms with E-state index in [1.54, 1.807) is 11.3 Å². The third kappa shape index (κ3) is 2.08. The first kappa shape index (κ1) is 10.4. The summed E-state index contributed by atoms with van der Waals surface area (Å²) < 4.78 is 0.843. The summed E-state index contributed by atoms with van der Waals surface area (Å²) in [6.45, 7) is 4.63. The minimum atomic E-state index is 0.387. The Morgan fingerprint density at radius 3 is 2.79 bits per heavy atom. The second-order valence-electron chi connectivity index (χ2n) is 4.44. The van der Waals surface area contributed by atoms with Crippen molar-refractivity contribution in [2.75, 3.05) is 5.32 Å². The molecule has 1 aromatic rings. The number of anilines is 1. The Bertz CT molecular complexity index is 324. The molecule has 0 bridgehead atoms. The molecule has 1 aliphatic carbocycles. The molecule has 1 aliphatic rings. The van der Waals surface area contributed by atoms with E-state index < -0.39 is 0 Å². The third-order valence-electron chi connectivity index (χ3n) is 2.96. The molecule has 1 aromatic heterocycles. The van der Waals surface area contributed by atoms with E-state index in [-0.39, 0.29) is 0 Å². The maximum atomic E-state index is 4.06. The van der Waals surface area contributed by atoms with Crippen LogP contribution < -0.4 is 5.32 Å². The molecule has 1 unspecified atom stereocenters. The lowest BCUT2D eigenvalue weighted by atomic mass is 9.87. The number of rotatable bonds is 2. The fourth-order valence-electron chi connectivity index (χ4n) is 2.01. The van der Waals surface area contributed by atoms with E-state index >= 15 is 0 Å². The van der Waals surface area contributed by atoms with Crippen molar-refractivity contribution >= 4 is 32.4 Å². The average Bonchev–Trinajstić information content (AvgIpc) is 2.61. The molecule has 5 heteroatoms. The van der Waals surface area contributed by atoms with Gasteiger partial charge in [-0.1, -0.05) is 31.6 Å². The van der Waals surface area contributed by atoms with Crippen molar-refractivity contribution in [2.45, 2.75) is 39.2 Å². The molecule has 0 amide bonds. The number of hydrogen-bond acceptors (Lipinski definition) is 4. The molecule has 78 valence electrons. The topological polar surface area (TPSA) is 37.8 Å². The Kier molecular flexibility index (Phi) is 2.79. The molecule has 1 heterocycles. The maximum Gasteiger partial charge on any atom is 0.206 e. The Morgan fingerprint density at radius 1 is 1.50 bits per heavy atom. The van der Waals surface area contributed by atoms with Gasteiger partial charge >= 0.3 is 0 Å². The van der Waals surface area contributed by atoms with Gasteiger partial charge in [-0.15, -0.1) is 10.2 Å². The Morgan fingerprint density at radius 2 is 2.29 bits per heavy atom.